The number of aromatic nitrogens is 2. The molecule has 0 spiro atoms. The number of thioether (sulfide) groups is 1. The Labute approximate surface area is 169 Å². The molecular weight excluding hydrogens is 376 g/mol. The number of amides is 1. The molecule has 8 heteroatoms. The predicted molar refractivity (Wildman–Crippen MR) is 112 cm³/mol. The molecule has 1 aromatic heterocycles. The molecule has 1 amide bonds. The van der Waals surface area contributed by atoms with Crippen LogP contribution in [-0.2, 0) is 16.1 Å². The van der Waals surface area contributed by atoms with Crippen molar-refractivity contribution in [2.75, 3.05) is 39.4 Å². The second-order valence-corrected chi connectivity index (χ2v) is 8.14. The number of carbonyl (C=O) groups is 1. The summed E-state index contributed by atoms with van der Waals surface area (Å²) in [5, 5.41) is 3.72. The van der Waals surface area contributed by atoms with E-state index in [1.165, 1.54) is 11.8 Å². The molecule has 2 aromatic rings. The fourth-order valence-electron chi connectivity index (χ4n) is 3.24. The molecular formula is C20H28N4O3S. The van der Waals surface area contributed by atoms with E-state index in [-0.39, 0.29) is 16.7 Å². The van der Waals surface area contributed by atoms with E-state index in [4.69, 9.17) is 9.72 Å². The van der Waals surface area contributed by atoms with Gasteiger partial charge < -0.3 is 10.1 Å². The number of hydrogen-bond acceptors (Lipinski definition) is 6. The molecule has 0 unspecified atom stereocenters. The fourth-order valence-corrected chi connectivity index (χ4v) is 4.20. The van der Waals surface area contributed by atoms with Gasteiger partial charge in [0.15, 0.2) is 5.16 Å². The summed E-state index contributed by atoms with van der Waals surface area (Å²) in [5.74, 6) is -0.0465. The first-order valence-corrected chi connectivity index (χ1v) is 10.7. The lowest BCUT2D eigenvalue weighted by atomic mass is 10.2. The van der Waals surface area contributed by atoms with Crippen LogP contribution >= 0.6 is 11.8 Å². The van der Waals surface area contributed by atoms with Crippen LogP contribution in [-0.4, -0.2) is 65.0 Å². The Balaban J connectivity index is 1.81. The Morgan fingerprint density at radius 3 is 2.79 bits per heavy atom. The van der Waals surface area contributed by atoms with E-state index in [0.717, 1.165) is 39.3 Å². The highest BCUT2D eigenvalue weighted by molar-refractivity contribution is 8.00. The van der Waals surface area contributed by atoms with Crippen LogP contribution in [0.4, 0.5) is 0 Å². The first kappa shape index (κ1) is 20.8. The average molecular weight is 405 g/mol. The fraction of sp³-hybridized carbons (Fsp3) is 0.550. The standard InChI is InChI=1S/C20H28N4O3S/c1-3-21-18(25)15(2)28-20-22-17-8-5-4-7-16(17)19(26)24(20)10-6-9-23-11-13-27-14-12-23/h4-5,7-8,15H,3,6,9-14H2,1-2H3,(H,21,25)/t15-/m1/s1. The van der Waals surface area contributed by atoms with Gasteiger partial charge in [-0.2, -0.15) is 0 Å². The predicted octanol–water partition coefficient (Wildman–Crippen LogP) is 1.74. The van der Waals surface area contributed by atoms with Crippen molar-refractivity contribution in [2.24, 2.45) is 0 Å². The van der Waals surface area contributed by atoms with Crippen LogP contribution in [0.3, 0.4) is 0 Å². The van der Waals surface area contributed by atoms with Crippen molar-refractivity contribution in [2.45, 2.75) is 37.2 Å². The molecule has 152 valence electrons. The number of nitrogens with one attached hydrogen (secondary N) is 1. The molecule has 28 heavy (non-hydrogen) atoms. The highest BCUT2D eigenvalue weighted by atomic mass is 32.2. The first-order chi connectivity index (χ1) is 13.6. The maximum Gasteiger partial charge on any atom is 0.262 e. The number of rotatable bonds is 8. The van der Waals surface area contributed by atoms with Crippen LogP contribution in [0, 0.1) is 0 Å². The van der Waals surface area contributed by atoms with Crippen molar-refractivity contribution >= 4 is 28.6 Å². The summed E-state index contributed by atoms with van der Waals surface area (Å²) in [6, 6.07) is 7.38. The molecule has 0 saturated carbocycles. The minimum atomic E-state index is -0.321. The molecule has 2 heterocycles. The van der Waals surface area contributed by atoms with Crippen LogP contribution in [0.2, 0.25) is 0 Å². The summed E-state index contributed by atoms with van der Waals surface area (Å²) in [7, 11) is 0. The number of hydrogen-bond donors (Lipinski definition) is 1. The SMILES string of the molecule is CCNC(=O)[C@@H](C)Sc1nc2ccccc2c(=O)n1CCCN1CCOCC1. The molecule has 0 bridgehead atoms. The van der Waals surface area contributed by atoms with Crippen LogP contribution < -0.4 is 10.9 Å². The number of para-hydroxylation sites is 1. The lowest BCUT2D eigenvalue weighted by Gasteiger charge is -2.26. The Morgan fingerprint density at radius 2 is 2.04 bits per heavy atom. The summed E-state index contributed by atoms with van der Waals surface area (Å²) in [5.41, 5.74) is 0.626. The second kappa shape index (κ2) is 10.0. The van der Waals surface area contributed by atoms with Gasteiger partial charge in [-0.05, 0) is 32.4 Å². The largest absolute Gasteiger partial charge is 0.379 e. The molecule has 3 rings (SSSR count). The zero-order chi connectivity index (χ0) is 19.9. The third kappa shape index (κ3) is 5.12. The van der Waals surface area contributed by atoms with Gasteiger partial charge in [-0.25, -0.2) is 4.98 Å². The molecule has 0 aliphatic carbocycles. The summed E-state index contributed by atoms with van der Waals surface area (Å²) < 4.78 is 7.11. The van der Waals surface area contributed by atoms with Crippen LogP contribution in [0.25, 0.3) is 10.9 Å². The number of benzene rings is 1. The van der Waals surface area contributed by atoms with Gasteiger partial charge in [0, 0.05) is 32.7 Å². The van der Waals surface area contributed by atoms with Crippen LogP contribution in [0.5, 0.6) is 0 Å². The molecule has 7 nitrogen and oxygen atoms in total. The Kier molecular flexibility index (Phi) is 7.47. The molecule has 1 aliphatic heterocycles. The van der Waals surface area contributed by atoms with E-state index in [0.29, 0.717) is 29.1 Å². The molecule has 1 saturated heterocycles. The van der Waals surface area contributed by atoms with E-state index in [1.54, 1.807) is 4.57 Å². The monoisotopic (exact) mass is 404 g/mol. The first-order valence-electron chi connectivity index (χ1n) is 9.84. The molecule has 1 fully saturated rings. The molecule has 1 aliphatic rings. The third-order valence-corrected chi connectivity index (χ3v) is 5.88. The summed E-state index contributed by atoms with van der Waals surface area (Å²) in [6.07, 6.45) is 0.850. The van der Waals surface area contributed by atoms with Gasteiger partial charge in [-0.1, -0.05) is 23.9 Å². The van der Waals surface area contributed by atoms with Crippen molar-refractivity contribution in [1.82, 2.24) is 19.8 Å². The lowest BCUT2D eigenvalue weighted by molar-refractivity contribution is -0.120. The van der Waals surface area contributed by atoms with Gasteiger partial charge in [0.1, 0.15) is 0 Å². The minimum absolute atomic E-state index is 0.0434. The number of nitrogens with zero attached hydrogens (tertiary/aromatic N) is 3. The van der Waals surface area contributed by atoms with E-state index < -0.39 is 0 Å². The summed E-state index contributed by atoms with van der Waals surface area (Å²) in [4.78, 5) is 32.3. The zero-order valence-corrected chi connectivity index (χ0v) is 17.3. The van der Waals surface area contributed by atoms with Crippen molar-refractivity contribution < 1.29 is 9.53 Å². The highest BCUT2D eigenvalue weighted by Gasteiger charge is 2.19. The minimum Gasteiger partial charge on any atom is -0.379 e. The second-order valence-electron chi connectivity index (χ2n) is 6.83. The maximum absolute atomic E-state index is 13.1. The Morgan fingerprint density at radius 1 is 1.29 bits per heavy atom. The van der Waals surface area contributed by atoms with Crippen molar-refractivity contribution in [1.29, 1.82) is 0 Å². The van der Waals surface area contributed by atoms with Gasteiger partial charge >= 0.3 is 0 Å². The van der Waals surface area contributed by atoms with Crippen LogP contribution in [0.15, 0.2) is 34.2 Å². The molecule has 1 N–H and O–H groups in total. The van der Waals surface area contributed by atoms with E-state index in [2.05, 4.69) is 10.2 Å². The number of carbonyl (C=O) groups excluding carboxylic acids is 1. The summed E-state index contributed by atoms with van der Waals surface area (Å²) >= 11 is 1.34. The number of fused-ring (bicyclic) bond motifs is 1. The van der Waals surface area contributed by atoms with Gasteiger partial charge in [0.2, 0.25) is 5.91 Å². The average Bonchev–Trinajstić information content (AvgIpc) is 2.71. The Bertz CT molecular complexity index is 864. The maximum atomic E-state index is 13.1. The van der Waals surface area contributed by atoms with Crippen molar-refractivity contribution in [3.05, 3.63) is 34.6 Å². The number of morpholine rings is 1. The molecule has 1 aromatic carbocycles. The quantitative estimate of drug-likeness (QED) is 0.533. The van der Waals surface area contributed by atoms with E-state index in [1.807, 2.05) is 38.1 Å². The van der Waals surface area contributed by atoms with Crippen LogP contribution in [0.1, 0.15) is 20.3 Å². The van der Waals surface area contributed by atoms with E-state index >= 15 is 0 Å². The van der Waals surface area contributed by atoms with Crippen molar-refractivity contribution in [3.8, 4) is 0 Å². The molecule has 1 atom stereocenters. The molecule has 0 radical (unpaired) electrons. The highest BCUT2D eigenvalue weighted by Crippen LogP contribution is 2.23. The van der Waals surface area contributed by atoms with Gasteiger partial charge in [0.05, 0.1) is 29.4 Å². The zero-order valence-electron chi connectivity index (χ0n) is 16.5. The Hall–Kier alpha value is -1.90. The van der Waals surface area contributed by atoms with Crippen molar-refractivity contribution in [3.63, 3.8) is 0 Å². The normalized spacial score (nSPS) is 16.2. The van der Waals surface area contributed by atoms with Gasteiger partial charge in [-0.15, -0.1) is 0 Å². The number of ether oxygens (including phenoxy) is 1. The lowest BCUT2D eigenvalue weighted by Crippen LogP contribution is -2.37. The van der Waals surface area contributed by atoms with Gasteiger partial charge in [-0.3, -0.25) is 19.1 Å². The smallest absolute Gasteiger partial charge is 0.262 e. The van der Waals surface area contributed by atoms with E-state index in [9.17, 15) is 9.59 Å². The third-order valence-electron chi connectivity index (χ3n) is 4.79. The van der Waals surface area contributed by atoms with Gasteiger partial charge in [0.25, 0.3) is 5.56 Å². The summed E-state index contributed by atoms with van der Waals surface area (Å²) in [6.45, 7) is 9.21. The topological polar surface area (TPSA) is 76.5 Å².